The van der Waals surface area contributed by atoms with Crippen LogP contribution < -0.4 is 5.73 Å². The fourth-order valence-electron chi connectivity index (χ4n) is 2.66. The zero-order valence-corrected chi connectivity index (χ0v) is 11.8. The topological polar surface area (TPSA) is 85.5 Å². The summed E-state index contributed by atoms with van der Waals surface area (Å²) in [5.74, 6) is 0. The molecule has 2 unspecified atom stereocenters. The smallest absolute Gasteiger partial charge is 0.0558 e. The van der Waals surface area contributed by atoms with Crippen molar-refractivity contribution >= 4 is 5.57 Å². The minimum Gasteiger partial charge on any atom is -0.395 e. The highest BCUT2D eigenvalue weighted by molar-refractivity contribution is 5.72. The average molecular weight is 277 g/mol. The monoisotopic (exact) mass is 277 g/mol. The van der Waals surface area contributed by atoms with E-state index >= 15 is 0 Å². The third-order valence-corrected chi connectivity index (χ3v) is 3.78. The van der Waals surface area contributed by atoms with Crippen LogP contribution in [0, 0.1) is 0 Å². The first-order valence-electron chi connectivity index (χ1n) is 6.89. The molecule has 2 rings (SSSR count). The third kappa shape index (κ3) is 3.02. The third-order valence-electron chi connectivity index (χ3n) is 3.78. The molecule has 0 radical (unpaired) electrons. The number of hydrogen-bond donors (Lipinski definition) is 4. The van der Waals surface area contributed by atoms with Gasteiger partial charge in [-0.05, 0) is 24.6 Å². The fraction of sp³-hybridized carbons (Fsp3) is 0.467. The predicted octanol–water partition coefficient (Wildman–Crippen LogP) is 0.340. The van der Waals surface area contributed by atoms with Crippen molar-refractivity contribution in [2.24, 2.45) is 5.73 Å². The number of nitrogens with two attached hydrogens (primary N) is 1. The molecule has 2 atom stereocenters. The van der Waals surface area contributed by atoms with E-state index < -0.39 is 0 Å². The largest absolute Gasteiger partial charge is 0.395 e. The van der Waals surface area contributed by atoms with Gasteiger partial charge in [0.2, 0.25) is 0 Å². The number of β-amino-alcohol motifs (C(OH)–C–C–N with tert-alkyl or cyclic N) is 2. The van der Waals surface area contributed by atoms with Gasteiger partial charge in [-0.25, -0.2) is 0 Å². The first kappa shape index (κ1) is 15.0. The van der Waals surface area contributed by atoms with Crippen LogP contribution >= 0.6 is 0 Å². The van der Waals surface area contributed by atoms with Crippen LogP contribution in [0.2, 0.25) is 0 Å². The molecule has 5 heteroatoms. The van der Waals surface area contributed by atoms with Crippen LogP contribution in [0.15, 0.2) is 36.6 Å². The molecule has 5 N–H and O–H groups in total. The molecule has 0 aliphatic heterocycles. The summed E-state index contributed by atoms with van der Waals surface area (Å²) < 4.78 is 0. The summed E-state index contributed by atoms with van der Waals surface area (Å²) in [5.41, 5.74) is 7.82. The van der Waals surface area contributed by atoms with Crippen molar-refractivity contribution in [3.05, 3.63) is 42.3 Å². The summed E-state index contributed by atoms with van der Waals surface area (Å²) in [4.78, 5) is 5.22. The molecule has 20 heavy (non-hydrogen) atoms. The van der Waals surface area contributed by atoms with Crippen molar-refractivity contribution in [1.29, 1.82) is 0 Å². The van der Waals surface area contributed by atoms with Crippen LogP contribution in [-0.4, -0.2) is 58.0 Å². The summed E-state index contributed by atoms with van der Waals surface area (Å²) in [5, 5.41) is 18.4. The van der Waals surface area contributed by atoms with Crippen molar-refractivity contribution in [3.63, 3.8) is 0 Å². The zero-order chi connectivity index (χ0) is 14.6. The lowest BCUT2D eigenvalue weighted by Gasteiger charge is -2.39. The highest BCUT2D eigenvalue weighted by atomic mass is 16.3. The molecule has 0 fully saturated rings. The summed E-state index contributed by atoms with van der Waals surface area (Å²) in [7, 11) is 0. The van der Waals surface area contributed by atoms with E-state index in [-0.39, 0.29) is 24.8 Å². The van der Waals surface area contributed by atoms with Crippen molar-refractivity contribution in [2.45, 2.75) is 18.5 Å². The van der Waals surface area contributed by atoms with Gasteiger partial charge in [-0.15, -0.1) is 0 Å². The lowest BCUT2D eigenvalue weighted by molar-refractivity contribution is 0.114. The number of nitrogens with one attached hydrogen (secondary N) is 1. The lowest BCUT2D eigenvalue weighted by atomic mass is 9.86. The number of aromatic nitrogens is 1. The van der Waals surface area contributed by atoms with E-state index in [4.69, 9.17) is 5.73 Å². The van der Waals surface area contributed by atoms with Gasteiger partial charge in [0.1, 0.15) is 0 Å². The molecule has 0 bridgehead atoms. The van der Waals surface area contributed by atoms with E-state index in [1.54, 1.807) is 0 Å². The summed E-state index contributed by atoms with van der Waals surface area (Å²) >= 11 is 0. The molecule has 5 nitrogen and oxygen atoms in total. The summed E-state index contributed by atoms with van der Waals surface area (Å²) in [6.45, 7) is 3.18. The van der Waals surface area contributed by atoms with E-state index in [2.05, 4.69) is 18.0 Å². The normalized spacial score (nSPS) is 26.1. The van der Waals surface area contributed by atoms with Gasteiger partial charge in [-0.2, -0.15) is 0 Å². The number of rotatable bonds is 6. The number of aliphatic hydroxyl groups is 2. The van der Waals surface area contributed by atoms with E-state index in [9.17, 15) is 10.2 Å². The van der Waals surface area contributed by atoms with Crippen LogP contribution in [0.3, 0.4) is 0 Å². The van der Waals surface area contributed by atoms with Gasteiger partial charge in [-0.3, -0.25) is 4.90 Å². The van der Waals surface area contributed by atoms with Gasteiger partial charge in [0.15, 0.2) is 0 Å². The average Bonchev–Trinajstić information content (AvgIpc) is 2.95. The second-order valence-corrected chi connectivity index (χ2v) is 5.23. The van der Waals surface area contributed by atoms with Crippen molar-refractivity contribution in [1.82, 2.24) is 9.88 Å². The van der Waals surface area contributed by atoms with E-state index in [0.29, 0.717) is 13.1 Å². The van der Waals surface area contributed by atoms with Crippen molar-refractivity contribution in [2.75, 3.05) is 26.3 Å². The maximum absolute atomic E-state index is 9.21. The first-order valence-corrected chi connectivity index (χ1v) is 6.89. The molecule has 0 saturated carbocycles. The Kier molecular flexibility index (Phi) is 4.77. The van der Waals surface area contributed by atoms with Crippen LogP contribution in [0.1, 0.15) is 12.6 Å². The quantitative estimate of drug-likeness (QED) is 0.565. The number of H-pyrrole nitrogens is 1. The molecule has 1 aliphatic carbocycles. The molecule has 0 amide bonds. The fourth-order valence-corrected chi connectivity index (χ4v) is 2.66. The number of aromatic amines is 1. The molecule has 110 valence electrons. The van der Waals surface area contributed by atoms with Gasteiger partial charge >= 0.3 is 0 Å². The molecule has 1 aromatic rings. The molecule has 1 aliphatic rings. The highest BCUT2D eigenvalue weighted by Gasteiger charge is 2.31. The molecule has 1 aromatic heterocycles. The molecule has 0 aromatic carbocycles. The Hall–Kier alpha value is -1.40. The SMILES string of the molecule is CC1(N(CCO)CCO)C=CC(N)C(c2ccc[nH]2)=C1. The minimum atomic E-state index is -0.359. The van der Waals surface area contributed by atoms with Gasteiger partial charge in [0.25, 0.3) is 0 Å². The Bertz CT molecular complexity index is 475. The van der Waals surface area contributed by atoms with Crippen LogP contribution in [-0.2, 0) is 0 Å². The number of nitrogens with zero attached hydrogens (tertiary/aromatic N) is 1. The van der Waals surface area contributed by atoms with Gasteiger partial charge in [-0.1, -0.05) is 18.2 Å². The van der Waals surface area contributed by atoms with Crippen molar-refractivity contribution < 1.29 is 10.2 Å². The van der Waals surface area contributed by atoms with E-state index in [1.165, 1.54) is 0 Å². The minimum absolute atomic E-state index is 0.0567. The zero-order valence-electron chi connectivity index (χ0n) is 11.8. The Morgan fingerprint density at radius 2 is 2.05 bits per heavy atom. The Morgan fingerprint density at radius 1 is 1.35 bits per heavy atom. The van der Waals surface area contributed by atoms with Crippen LogP contribution in [0.25, 0.3) is 5.57 Å². The highest BCUT2D eigenvalue weighted by Crippen LogP contribution is 2.30. The predicted molar refractivity (Wildman–Crippen MR) is 80.0 cm³/mol. The Morgan fingerprint density at radius 3 is 2.60 bits per heavy atom. The maximum Gasteiger partial charge on any atom is 0.0558 e. The van der Waals surface area contributed by atoms with Crippen LogP contribution in [0.4, 0.5) is 0 Å². The van der Waals surface area contributed by atoms with Crippen LogP contribution in [0.5, 0.6) is 0 Å². The van der Waals surface area contributed by atoms with Crippen molar-refractivity contribution in [3.8, 4) is 0 Å². The van der Waals surface area contributed by atoms with E-state index in [0.717, 1.165) is 11.3 Å². The molecular formula is C15H23N3O2. The molecule has 1 heterocycles. The summed E-state index contributed by atoms with van der Waals surface area (Å²) in [6, 6.07) is 3.79. The van der Waals surface area contributed by atoms with Gasteiger partial charge < -0.3 is 20.9 Å². The standard InChI is InChI=1S/C15H23N3O2/c1-15(18(7-9-19)8-10-20)5-4-13(16)12(11-15)14-3-2-6-17-14/h2-6,11,13,17,19-20H,7-10,16H2,1H3. The molecule has 0 spiro atoms. The number of aliphatic hydroxyl groups excluding tert-OH is 2. The molecule has 0 saturated heterocycles. The first-order chi connectivity index (χ1) is 9.60. The maximum atomic E-state index is 9.21. The Labute approximate surface area is 119 Å². The lowest BCUT2D eigenvalue weighted by Crippen LogP contribution is -2.48. The van der Waals surface area contributed by atoms with E-state index in [1.807, 2.05) is 35.4 Å². The van der Waals surface area contributed by atoms with Gasteiger partial charge in [0, 0.05) is 31.0 Å². The second-order valence-electron chi connectivity index (χ2n) is 5.23. The number of hydrogen-bond acceptors (Lipinski definition) is 4. The molecular weight excluding hydrogens is 254 g/mol. The summed E-state index contributed by atoms with van der Waals surface area (Å²) in [6.07, 6.45) is 7.99. The Balaban J connectivity index is 2.32. The second kappa shape index (κ2) is 6.37. The van der Waals surface area contributed by atoms with Gasteiger partial charge in [0.05, 0.1) is 18.8 Å².